The lowest BCUT2D eigenvalue weighted by Crippen LogP contribution is -2.42. The number of hydrogen-bond acceptors (Lipinski definition) is 4. The van der Waals surface area contributed by atoms with E-state index in [1.54, 1.807) is 12.5 Å². The van der Waals surface area contributed by atoms with Crippen molar-refractivity contribution in [1.29, 1.82) is 0 Å². The van der Waals surface area contributed by atoms with Crippen molar-refractivity contribution < 1.29 is 9.15 Å². The summed E-state index contributed by atoms with van der Waals surface area (Å²) in [6.07, 6.45) is 6.38. The molecule has 1 aliphatic rings. The fraction of sp³-hybridized carbons (Fsp3) is 0.692. The molecule has 1 aromatic heterocycles. The van der Waals surface area contributed by atoms with E-state index in [2.05, 4.69) is 10.2 Å². The first-order valence-electron chi connectivity index (χ1n) is 6.35. The van der Waals surface area contributed by atoms with Gasteiger partial charge < -0.3 is 14.5 Å². The fourth-order valence-corrected chi connectivity index (χ4v) is 2.27. The molecule has 1 unspecified atom stereocenters. The summed E-state index contributed by atoms with van der Waals surface area (Å²) >= 11 is 0. The first kappa shape index (κ1) is 12.6. The third-order valence-electron chi connectivity index (χ3n) is 3.31. The molecule has 0 bridgehead atoms. The number of hydrogen-bond donors (Lipinski definition) is 1. The maximum absolute atomic E-state index is 5.41. The van der Waals surface area contributed by atoms with E-state index >= 15 is 0 Å². The van der Waals surface area contributed by atoms with Crippen LogP contribution in [-0.4, -0.2) is 44.3 Å². The summed E-state index contributed by atoms with van der Waals surface area (Å²) in [7, 11) is 1.81. The van der Waals surface area contributed by atoms with E-state index in [4.69, 9.17) is 9.15 Å². The minimum Gasteiger partial charge on any atom is -0.472 e. The van der Waals surface area contributed by atoms with E-state index in [0.717, 1.165) is 26.2 Å². The molecule has 1 atom stereocenters. The van der Waals surface area contributed by atoms with E-state index < -0.39 is 0 Å². The zero-order valence-electron chi connectivity index (χ0n) is 10.5. The molecule has 96 valence electrons. The van der Waals surface area contributed by atoms with Crippen LogP contribution in [0, 0.1) is 0 Å². The van der Waals surface area contributed by atoms with Gasteiger partial charge in [-0.25, -0.2) is 0 Å². The van der Waals surface area contributed by atoms with E-state index in [0.29, 0.717) is 6.10 Å². The maximum Gasteiger partial charge on any atom is 0.0947 e. The number of piperidine rings is 1. The molecule has 1 fully saturated rings. The Morgan fingerprint density at radius 3 is 3.29 bits per heavy atom. The third kappa shape index (κ3) is 4.15. The highest BCUT2D eigenvalue weighted by molar-refractivity contribution is 5.04. The molecule has 4 nitrogen and oxygen atoms in total. The van der Waals surface area contributed by atoms with Gasteiger partial charge in [0.1, 0.15) is 0 Å². The van der Waals surface area contributed by atoms with Gasteiger partial charge in [-0.05, 0) is 25.5 Å². The summed E-state index contributed by atoms with van der Waals surface area (Å²) in [5.74, 6) is 0. The van der Waals surface area contributed by atoms with Gasteiger partial charge in [0.25, 0.3) is 0 Å². The van der Waals surface area contributed by atoms with Gasteiger partial charge in [-0.3, -0.25) is 4.90 Å². The molecular formula is C13H22N2O2. The summed E-state index contributed by atoms with van der Waals surface area (Å²) in [5, 5.41) is 3.43. The average Bonchev–Trinajstić information content (AvgIpc) is 2.88. The summed E-state index contributed by atoms with van der Waals surface area (Å²) in [4.78, 5) is 2.47. The fourth-order valence-electron chi connectivity index (χ4n) is 2.27. The van der Waals surface area contributed by atoms with E-state index in [1.807, 2.05) is 13.2 Å². The Labute approximate surface area is 103 Å². The van der Waals surface area contributed by atoms with Gasteiger partial charge in [-0.15, -0.1) is 0 Å². The molecule has 1 N–H and O–H groups in total. The highest BCUT2D eigenvalue weighted by atomic mass is 16.5. The molecule has 0 saturated carbocycles. The number of furan rings is 1. The highest BCUT2D eigenvalue weighted by Gasteiger charge is 2.18. The topological polar surface area (TPSA) is 37.6 Å². The molecule has 0 radical (unpaired) electrons. The van der Waals surface area contributed by atoms with Gasteiger partial charge in [-0.2, -0.15) is 0 Å². The van der Waals surface area contributed by atoms with Crippen LogP contribution in [0.1, 0.15) is 18.4 Å². The third-order valence-corrected chi connectivity index (χ3v) is 3.31. The molecule has 2 rings (SSSR count). The first-order chi connectivity index (χ1) is 8.38. The minimum absolute atomic E-state index is 0.428. The lowest BCUT2D eigenvalue weighted by molar-refractivity contribution is 0.0318. The van der Waals surface area contributed by atoms with Crippen molar-refractivity contribution in [3.05, 3.63) is 24.2 Å². The Morgan fingerprint density at radius 1 is 1.59 bits per heavy atom. The van der Waals surface area contributed by atoms with Crippen LogP contribution in [0.4, 0.5) is 0 Å². The van der Waals surface area contributed by atoms with Crippen LogP contribution >= 0.6 is 0 Å². The smallest absolute Gasteiger partial charge is 0.0947 e. The van der Waals surface area contributed by atoms with Crippen LogP contribution in [0.15, 0.2) is 23.0 Å². The van der Waals surface area contributed by atoms with Gasteiger partial charge in [0, 0.05) is 38.9 Å². The van der Waals surface area contributed by atoms with E-state index in [1.165, 1.54) is 24.9 Å². The standard InChI is InChI=1S/C13H22N2O2/c1-16-13-3-2-6-15(10-13)7-5-14-9-12-4-8-17-11-12/h4,8,11,13-14H,2-3,5-7,9-10H2,1H3. The molecule has 4 heteroatoms. The molecule has 0 spiro atoms. The Morgan fingerprint density at radius 2 is 2.53 bits per heavy atom. The summed E-state index contributed by atoms with van der Waals surface area (Å²) < 4.78 is 10.4. The van der Waals surface area contributed by atoms with Crippen molar-refractivity contribution in [2.24, 2.45) is 0 Å². The van der Waals surface area contributed by atoms with Crippen molar-refractivity contribution in [3.63, 3.8) is 0 Å². The molecule has 1 saturated heterocycles. The lowest BCUT2D eigenvalue weighted by Gasteiger charge is -2.31. The van der Waals surface area contributed by atoms with Crippen LogP contribution in [0.2, 0.25) is 0 Å². The Kier molecular flexibility index (Phi) is 5.04. The molecule has 0 aromatic carbocycles. The average molecular weight is 238 g/mol. The van der Waals surface area contributed by atoms with Crippen LogP contribution < -0.4 is 5.32 Å². The molecule has 0 aliphatic carbocycles. The second-order valence-corrected chi connectivity index (χ2v) is 4.61. The number of nitrogens with one attached hydrogen (secondary N) is 1. The van der Waals surface area contributed by atoms with Crippen molar-refractivity contribution in [2.45, 2.75) is 25.5 Å². The molecule has 1 aliphatic heterocycles. The van der Waals surface area contributed by atoms with E-state index in [9.17, 15) is 0 Å². The molecular weight excluding hydrogens is 216 g/mol. The predicted molar refractivity (Wildman–Crippen MR) is 66.9 cm³/mol. The quantitative estimate of drug-likeness (QED) is 0.762. The maximum atomic E-state index is 5.41. The number of rotatable bonds is 6. The molecule has 2 heterocycles. The van der Waals surface area contributed by atoms with Crippen LogP contribution in [0.5, 0.6) is 0 Å². The van der Waals surface area contributed by atoms with Crippen molar-refractivity contribution in [1.82, 2.24) is 10.2 Å². The summed E-state index contributed by atoms with van der Waals surface area (Å²) in [5.41, 5.74) is 1.21. The zero-order valence-corrected chi connectivity index (χ0v) is 10.5. The molecule has 1 aromatic rings. The van der Waals surface area contributed by atoms with Gasteiger partial charge in [-0.1, -0.05) is 0 Å². The minimum atomic E-state index is 0.428. The summed E-state index contributed by atoms with van der Waals surface area (Å²) in [6, 6.07) is 1.99. The van der Waals surface area contributed by atoms with Gasteiger partial charge in [0.05, 0.1) is 18.6 Å². The Bertz CT molecular complexity index is 300. The van der Waals surface area contributed by atoms with Crippen molar-refractivity contribution in [3.8, 4) is 0 Å². The predicted octanol–water partition coefficient (Wildman–Crippen LogP) is 1.48. The monoisotopic (exact) mass is 238 g/mol. The Hall–Kier alpha value is -0.840. The number of methoxy groups -OCH3 is 1. The zero-order chi connectivity index (χ0) is 11.9. The SMILES string of the molecule is COC1CCCN(CCNCc2ccoc2)C1. The second kappa shape index (κ2) is 6.79. The first-order valence-corrected chi connectivity index (χ1v) is 6.35. The van der Waals surface area contributed by atoms with E-state index in [-0.39, 0.29) is 0 Å². The van der Waals surface area contributed by atoms with Crippen LogP contribution in [-0.2, 0) is 11.3 Å². The number of nitrogens with zero attached hydrogens (tertiary/aromatic N) is 1. The second-order valence-electron chi connectivity index (χ2n) is 4.61. The Balaban J connectivity index is 1.58. The molecule has 17 heavy (non-hydrogen) atoms. The summed E-state index contributed by atoms with van der Waals surface area (Å²) in [6.45, 7) is 5.27. The normalized spacial score (nSPS) is 21.8. The number of ether oxygens (including phenoxy) is 1. The van der Waals surface area contributed by atoms with Gasteiger partial charge in [0.15, 0.2) is 0 Å². The largest absolute Gasteiger partial charge is 0.472 e. The van der Waals surface area contributed by atoms with Gasteiger partial charge in [0.2, 0.25) is 0 Å². The van der Waals surface area contributed by atoms with Crippen molar-refractivity contribution in [2.75, 3.05) is 33.3 Å². The van der Waals surface area contributed by atoms with Gasteiger partial charge >= 0.3 is 0 Å². The molecule has 0 amide bonds. The van der Waals surface area contributed by atoms with Crippen LogP contribution in [0.3, 0.4) is 0 Å². The van der Waals surface area contributed by atoms with Crippen molar-refractivity contribution >= 4 is 0 Å². The number of likely N-dealkylation sites (tertiary alicyclic amines) is 1. The van der Waals surface area contributed by atoms with Crippen LogP contribution in [0.25, 0.3) is 0 Å². The highest BCUT2D eigenvalue weighted by Crippen LogP contribution is 2.11. The lowest BCUT2D eigenvalue weighted by atomic mass is 10.1.